The first kappa shape index (κ1) is 14.2. The summed E-state index contributed by atoms with van der Waals surface area (Å²) < 4.78 is 7.20. The van der Waals surface area contributed by atoms with E-state index < -0.39 is 0 Å². The Balaban J connectivity index is 2.22. The van der Waals surface area contributed by atoms with Gasteiger partial charge >= 0.3 is 6.01 Å². The second-order valence-corrected chi connectivity index (χ2v) is 4.89. The van der Waals surface area contributed by atoms with E-state index in [0.717, 1.165) is 6.42 Å². The average Bonchev–Trinajstić information content (AvgIpc) is 2.91. The van der Waals surface area contributed by atoms with Crippen molar-refractivity contribution in [2.24, 2.45) is 5.92 Å². The lowest BCUT2D eigenvalue weighted by molar-refractivity contribution is 0.177. The molecule has 0 aliphatic heterocycles. The Morgan fingerprint density at radius 3 is 2.65 bits per heavy atom. The van der Waals surface area contributed by atoms with Crippen LogP contribution < -0.4 is 10.1 Å². The van der Waals surface area contributed by atoms with Crippen LogP contribution in [0, 0.1) is 5.92 Å². The molecule has 0 bridgehead atoms. The van der Waals surface area contributed by atoms with Crippen molar-refractivity contribution in [1.29, 1.82) is 0 Å². The largest absolute Gasteiger partial charge is 0.460 e. The monoisotopic (exact) mass is 277 g/mol. The van der Waals surface area contributed by atoms with Crippen molar-refractivity contribution >= 4 is 5.95 Å². The van der Waals surface area contributed by atoms with Gasteiger partial charge in [-0.05, 0) is 19.3 Å². The molecule has 0 spiro atoms. The predicted octanol–water partition coefficient (Wildman–Crippen LogP) is 1.31. The molecule has 2 rings (SSSR count). The van der Waals surface area contributed by atoms with Crippen molar-refractivity contribution in [3.8, 4) is 12.0 Å². The summed E-state index contributed by atoms with van der Waals surface area (Å²) in [6, 6.07) is 0.281. The van der Waals surface area contributed by atoms with Gasteiger partial charge in [0.15, 0.2) is 0 Å². The lowest BCUT2D eigenvalue weighted by atomic mass is 10.1. The summed E-state index contributed by atoms with van der Waals surface area (Å²) >= 11 is 0. The van der Waals surface area contributed by atoms with Gasteiger partial charge < -0.3 is 10.1 Å². The zero-order valence-corrected chi connectivity index (χ0v) is 12.1. The first-order chi connectivity index (χ1) is 9.58. The molecule has 20 heavy (non-hydrogen) atoms. The zero-order chi connectivity index (χ0) is 14.5. The minimum Gasteiger partial charge on any atom is -0.460 e. The summed E-state index contributed by atoms with van der Waals surface area (Å²) in [6.07, 6.45) is 3.91. The van der Waals surface area contributed by atoms with E-state index in [0.29, 0.717) is 17.8 Å². The normalized spacial score (nSPS) is 12.4. The van der Waals surface area contributed by atoms with E-state index >= 15 is 0 Å². The molecule has 1 N–H and O–H groups in total. The number of hydrogen-bond donors (Lipinski definition) is 1. The number of ether oxygens (including phenoxy) is 1. The summed E-state index contributed by atoms with van der Waals surface area (Å²) in [5.74, 6) is 1.34. The average molecular weight is 277 g/mol. The minimum absolute atomic E-state index is 0.0331. The van der Waals surface area contributed by atoms with Crippen LogP contribution in [0.3, 0.4) is 0 Å². The highest BCUT2D eigenvalue weighted by atomic mass is 16.5. The molecule has 0 aliphatic rings. The van der Waals surface area contributed by atoms with E-state index in [1.54, 1.807) is 7.05 Å². The molecule has 1 atom stereocenters. The maximum atomic E-state index is 5.74. The van der Waals surface area contributed by atoms with E-state index in [1.807, 2.05) is 6.92 Å². The summed E-state index contributed by atoms with van der Waals surface area (Å²) in [4.78, 5) is 16.5. The summed E-state index contributed by atoms with van der Waals surface area (Å²) in [7, 11) is 1.74. The molecule has 8 nitrogen and oxygen atoms in total. The highest BCUT2D eigenvalue weighted by molar-refractivity contribution is 5.28. The van der Waals surface area contributed by atoms with Gasteiger partial charge in [0.05, 0.1) is 6.10 Å². The molecule has 0 aromatic carbocycles. The van der Waals surface area contributed by atoms with E-state index in [9.17, 15) is 0 Å². The maximum Gasteiger partial charge on any atom is 0.323 e. The van der Waals surface area contributed by atoms with Crippen LogP contribution in [0.5, 0.6) is 6.01 Å². The smallest absolute Gasteiger partial charge is 0.323 e. The number of nitrogens with zero attached hydrogens (tertiary/aromatic N) is 6. The topological polar surface area (TPSA) is 90.6 Å². The van der Waals surface area contributed by atoms with Gasteiger partial charge in [0.1, 0.15) is 12.7 Å². The van der Waals surface area contributed by atoms with Gasteiger partial charge in [0.25, 0.3) is 5.95 Å². The van der Waals surface area contributed by atoms with Gasteiger partial charge in [0.2, 0.25) is 5.95 Å². The number of anilines is 1. The first-order valence-electron chi connectivity index (χ1n) is 6.54. The third-order valence-corrected chi connectivity index (χ3v) is 2.56. The molecule has 2 heterocycles. The van der Waals surface area contributed by atoms with Gasteiger partial charge in [-0.3, -0.25) is 0 Å². The highest BCUT2D eigenvalue weighted by Gasteiger charge is 2.13. The van der Waals surface area contributed by atoms with Crippen LogP contribution in [0.4, 0.5) is 5.95 Å². The Morgan fingerprint density at radius 2 is 2.05 bits per heavy atom. The molecular formula is C12H19N7O. The van der Waals surface area contributed by atoms with Crippen molar-refractivity contribution in [1.82, 2.24) is 29.7 Å². The summed E-state index contributed by atoms with van der Waals surface area (Å²) in [6.45, 7) is 6.29. The van der Waals surface area contributed by atoms with E-state index in [1.165, 1.54) is 17.3 Å². The van der Waals surface area contributed by atoms with E-state index in [4.69, 9.17) is 4.74 Å². The van der Waals surface area contributed by atoms with Crippen molar-refractivity contribution in [3.05, 3.63) is 12.7 Å². The van der Waals surface area contributed by atoms with Crippen LogP contribution in [0.1, 0.15) is 27.2 Å². The molecule has 0 saturated carbocycles. The van der Waals surface area contributed by atoms with Gasteiger partial charge in [0, 0.05) is 7.05 Å². The first-order valence-corrected chi connectivity index (χ1v) is 6.54. The molecule has 2 aromatic rings. The molecule has 8 heteroatoms. The fourth-order valence-electron chi connectivity index (χ4n) is 1.82. The third kappa shape index (κ3) is 3.62. The zero-order valence-electron chi connectivity index (χ0n) is 12.1. The van der Waals surface area contributed by atoms with Crippen LogP contribution in [-0.4, -0.2) is 42.9 Å². The van der Waals surface area contributed by atoms with E-state index in [-0.39, 0.29) is 12.1 Å². The molecule has 0 radical (unpaired) electrons. The lowest BCUT2D eigenvalue weighted by Gasteiger charge is -2.15. The Morgan fingerprint density at radius 1 is 1.25 bits per heavy atom. The summed E-state index contributed by atoms with van der Waals surface area (Å²) in [5, 5.41) is 6.88. The standard InChI is InChI=1S/C12H19N7O/c1-8(2)5-9(3)20-12-17-10(13-4)16-11(18-12)19-7-14-6-15-19/h6-9H,5H2,1-4H3,(H,13,16,17,18). The van der Waals surface area contributed by atoms with Crippen molar-refractivity contribution in [2.75, 3.05) is 12.4 Å². The molecule has 108 valence electrons. The second kappa shape index (κ2) is 6.27. The predicted molar refractivity (Wildman–Crippen MR) is 73.8 cm³/mol. The number of rotatable bonds is 6. The van der Waals surface area contributed by atoms with Crippen LogP contribution >= 0.6 is 0 Å². The molecule has 0 aliphatic carbocycles. The number of aromatic nitrogens is 6. The Hall–Kier alpha value is -2.25. The Labute approximate surface area is 117 Å². The number of nitrogens with one attached hydrogen (secondary N) is 1. The molecule has 0 fully saturated rings. The fourth-order valence-corrected chi connectivity index (χ4v) is 1.82. The second-order valence-electron chi connectivity index (χ2n) is 4.89. The maximum absolute atomic E-state index is 5.74. The highest BCUT2D eigenvalue weighted by Crippen LogP contribution is 2.14. The minimum atomic E-state index is 0.0331. The van der Waals surface area contributed by atoms with E-state index in [2.05, 4.69) is 44.2 Å². The van der Waals surface area contributed by atoms with Crippen molar-refractivity contribution < 1.29 is 4.74 Å². The van der Waals surface area contributed by atoms with Gasteiger partial charge in [-0.1, -0.05) is 13.8 Å². The van der Waals surface area contributed by atoms with Crippen LogP contribution in [-0.2, 0) is 0 Å². The molecular weight excluding hydrogens is 258 g/mol. The quantitative estimate of drug-likeness (QED) is 0.851. The Kier molecular flexibility index (Phi) is 4.44. The molecule has 1 unspecified atom stereocenters. The Bertz CT molecular complexity index is 541. The van der Waals surface area contributed by atoms with Crippen molar-refractivity contribution in [3.63, 3.8) is 0 Å². The molecule has 2 aromatic heterocycles. The fraction of sp³-hybridized carbons (Fsp3) is 0.583. The lowest BCUT2D eigenvalue weighted by Crippen LogP contribution is -2.17. The van der Waals surface area contributed by atoms with Gasteiger partial charge in [-0.15, -0.1) is 0 Å². The molecule has 0 saturated heterocycles. The third-order valence-electron chi connectivity index (χ3n) is 2.56. The SMILES string of the molecule is CNc1nc(OC(C)CC(C)C)nc(-n2cncn2)n1. The van der Waals surface area contributed by atoms with Crippen LogP contribution in [0.15, 0.2) is 12.7 Å². The van der Waals surface area contributed by atoms with Gasteiger partial charge in [-0.2, -0.15) is 24.7 Å². The summed E-state index contributed by atoms with van der Waals surface area (Å²) in [5.41, 5.74) is 0. The van der Waals surface area contributed by atoms with Crippen LogP contribution in [0.2, 0.25) is 0 Å². The number of hydrogen-bond acceptors (Lipinski definition) is 7. The van der Waals surface area contributed by atoms with Crippen molar-refractivity contribution in [2.45, 2.75) is 33.3 Å². The van der Waals surface area contributed by atoms with Crippen LogP contribution in [0.25, 0.3) is 5.95 Å². The molecule has 0 amide bonds. The van der Waals surface area contributed by atoms with Gasteiger partial charge in [-0.25, -0.2) is 4.98 Å².